The van der Waals surface area contributed by atoms with Crippen molar-refractivity contribution in [3.8, 4) is 5.75 Å². The lowest BCUT2D eigenvalue weighted by Gasteiger charge is -2.10. The van der Waals surface area contributed by atoms with Gasteiger partial charge in [-0.1, -0.05) is 36.9 Å². The van der Waals surface area contributed by atoms with Crippen LogP contribution >= 0.6 is 27.5 Å². The van der Waals surface area contributed by atoms with E-state index in [-0.39, 0.29) is 0 Å². The molecule has 2 aromatic rings. The second-order valence-electron chi connectivity index (χ2n) is 3.77. The van der Waals surface area contributed by atoms with Crippen LogP contribution in [0.25, 0.3) is 10.8 Å². The SMILES string of the molecule is C=C(CCl)COc1ccc2ccccc2c1Br. The van der Waals surface area contributed by atoms with E-state index in [1.807, 2.05) is 24.3 Å². The van der Waals surface area contributed by atoms with Crippen LogP contribution in [-0.2, 0) is 0 Å². The second kappa shape index (κ2) is 5.56. The normalized spacial score (nSPS) is 10.5. The number of rotatable bonds is 4. The van der Waals surface area contributed by atoms with Gasteiger partial charge in [0, 0.05) is 5.88 Å². The fraction of sp³-hybridized carbons (Fsp3) is 0.143. The first-order valence-electron chi connectivity index (χ1n) is 5.25. The van der Waals surface area contributed by atoms with Gasteiger partial charge in [0.25, 0.3) is 0 Å². The lowest BCUT2D eigenvalue weighted by Crippen LogP contribution is -2.01. The highest BCUT2D eigenvalue weighted by Gasteiger charge is 2.06. The topological polar surface area (TPSA) is 9.23 Å². The second-order valence-corrected chi connectivity index (χ2v) is 4.83. The molecule has 0 radical (unpaired) electrons. The molecule has 0 saturated carbocycles. The van der Waals surface area contributed by atoms with Crippen LogP contribution in [0, 0.1) is 0 Å². The molecule has 2 rings (SSSR count). The highest BCUT2D eigenvalue weighted by molar-refractivity contribution is 9.10. The zero-order chi connectivity index (χ0) is 12.3. The highest BCUT2D eigenvalue weighted by Crippen LogP contribution is 2.33. The van der Waals surface area contributed by atoms with Gasteiger partial charge < -0.3 is 4.74 Å². The Morgan fingerprint density at radius 1 is 1.24 bits per heavy atom. The molecule has 3 heteroatoms. The monoisotopic (exact) mass is 310 g/mol. The molecule has 0 N–H and O–H groups in total. The Bertz CT molecular complexity index is 551. The number of alkyl halides is 1. The number of hydrogen-bond donors (Lipinski definition) is 0. The average molecular weight is 312 g/mol. The predicted molar refractivity (Wildman–Crippen MR) is 77.0 cm³/mol. The molecule has 0 bridgehead atoms. The van der Waals surface area contributed by atoms with E-state index in [0.29, 0.717) is 12.5 Å². The maximum absolute atomic E-state index is 5.67. The van der Waals surface area contributed by atoms with Crippen LogP contribution in [0.15, 0.2) is 53.0 Å². The molecule has 88 valence electrons. The van der Waals surface area contributed by atoms with Gasteiger partial charge in [-0.2, -0.15) is 0 Å². The molecule has 0 aliphatic heterocycles. The van der Waals surface area contributed by atoms with Crippen LogP contribution in [-0.4, -0.2) is 12.5 Å². The number of hydrogen-bond acceptors (Lipinski definition) is 1. The zero-order valence-corrected chi connectivity index (χ0v) is 11.6. The van der Waals surface area contributed by atoms with Crippen molar-refractivity contribution in [2.45, 2.75) is 0 Å². The molecular weight excluding hydrogens is 300 g/mol. The van der Waals surface area contributed by atoms with Gasteiger partial charge in [-0.05, 0) is 38.3 Å². The van der Waals surface area contributed by atoms with E-state index in [1.165, 1.54) is 5.39 Å². The van der Waals surface area contributed by atoms with Crippen LogP contribution in [0.1, 0.15) is 0 Å². The summed E-state index contributed by atoms with van der Waals surface area (Å²) in [7, 11) is 0. The van der Waals surface area contributed by atoms with Crippen LogP contribution < -0.4 is 4.74 Å². The van der Waals surface area contributed by atoms with Crippen molar-refractivity contribution in [1.82, 2.24) is 0 Å². The highest BCUT2D eigenvalue weighted by atomic mass is 79.9. The van der Waals surface area contributed by atoms with Crippen LogP contribution in [0.3, 0.4) is 0 Å². The Hall–Kier alpha value is -0.990. The van der Waals surface area contributed by atoms with E-state index in [0.717, 1.165) is 21.2 Å². The van der Waals surface area contributed by atoms with Gasteiger partial charge in [0.1, 0.15) is 12.4 Å². The molecule has 0 fully saturated rings. The van der Waals surface area contributed by atoms with Crippen molar-refractivity contribution >= 4 is 38.3 Å². The Labute approximate surface area is 114 Å². The minimum atomic E-state index is 0.422. The first-order valence-corrected chi connectivity index (χ1v) is 6.58. The molecule has 0 aromatic heterocycles. The Morgan fingerprint density at radius 2 is 2.00 bits per heavy atom. The Balaban J connectivity index is 2.29. The van der Waals surface area contributed by atoms with Gasteiger partial charge in [-0.25, -0.2) is 0 Å². The standard InChI is InChI=1S/C14H12BrClO/c1-10(8-16)9-17-13-7-6-11-4-2-3-5-12(11)14(13)15/h2-7H,1,8-9H2. The summed E-state index contributed by atoms with van der Waals surface area (Å²) < 4.78 is 6.64. The van der Waals surface area contributed by atoms with Gasteiger partial charge in [0.2, 0.25) is 0 Å². The summed E-state index contributed by atoms with van der Waals surface area (Å²) >= 11 is 9.23. The van der Waals surface area contributed by atoms with Crippen molar-refractivity contribution < 1.29 is 4.74 Å². The first kappa shape index (κ1) is 12.5. The number of benzene rings is 2. The molecule has 17 heavy (non-hydrogen) atoms. The molecule has 2 aromatic carbocycles. The fourth-order valence-electron chi connectivity index (χ4n) is 1.54. The average Bonchev–Trinajstić information content (AvgIpc) is 2.38. The van der Waals surface area contributed by atoms with Gasteiger partial charge >= 0.3 is 0 Å². The van der Waals surface area contributed by atoms with Crippen LogP contribution in [0.5, 0.6) is 5.75 Å². The molecule has 0 aliphatic rings. The summed E-state index contributed by atoms with van der Waals surface area (Å²) in [5.74, 6) is 1.24. The van der Waals surface area contributed by atoms with E-state index in [4.69, 9.17) is 16.3 Å². The largest absolute Gasteiger partial charge is 0.488 e. The predicted octanol–water partition coefficient (Wildman–Crippen LogP) is 4.78. The van der Waals surface area contributed by atoms with Crippen LogP contribution in [0.2, 0.25) is 0 Å². The smallest absolute Gasteiger partial charge is 0.134 e. The first-order chi connectivity index (χ1) is 8.22. The van der Waals surface area contributed by atoms with Gasteiger partial charge in [0.05, 0.1) is 4.47 Å². The third kappa shape index (κ3) is 2.82. The van der Waals surface area contributed by atoms with Gasteiger partial charge in [0.15, 0.2) is 0 Å². The number of fused-ring (bicyclic) bond motifs is 1. The van der Waals surface area contributed by atoms with Crippen molar-refractivity contribution in [3.63, 3.8) is 0 Å². The van der Waals surface area contributed by atoms with Crippen molar-refractivity contribution in [2.24, 2.45) is 0 Å². The summed E-state index contributed by atoms with van der Waals surface area (Å²) in [6.45, 7) is 4.25. The van der Waals surface area contributed by atoms with Gasteiger partial charge in [-0.3, -0.25) is 0 Å². The molecule has 0 aliphatic carbocycles. The van der Waals surface area contributed by atoms with E-state index >= 15 is 0 Å². The molecule has 0 saturated heterocycles. The summed E-state index contributed by atoms with van der Waals surface area (Å²) in [5.41, 5.74) is 0.867. The summed E-state index contributed by atoms with van der Waals surface area (Å²) in [6, 6.07) is 12.1. The lowest BCUT2D eigenvalue weighted by atomic mass is 10.1. The van der Waals surface area contributed by atoms with E-state index in [9.17, 15) is 0 Å². The fourth-order valence-corrected chi connectivity index (χ4v) is 2.23. The number of halogens is 2. The molecule has 0 atom stereocenters. The number of ether oxygens (including phenoxy) is 1. The summed E-state index contributed by atoms with van der Waals surface area (Å²) in [6.07, 6.45) is 0. The minimum absolute atomic E-state index is 0.422. The van der Waals surface area contributed by atoms with E-state index in [1.54, 1.807) is 0 Å². The molecule has 0 amide bonds. The maximum atomic E-state index is 5.67. The third-order valence-electron chi connectivity index (χ3n) is 2.45. The van der Waals surface area contributed by atoms with Crippen molar-refractivity contribution in [3.05, 3.63) is 53.0 Å². The zero-order valence-electron chi connectivity index (χ0n) is 9.25. The van der Waals surface area contributed by atoms with Crippen molar-refractivity contribution in [1.29, 1.82) is 0 Å². The van der Waals surface area contributed by atoms with Crippen molar-refractivity contribution in [2.75, 3.05) is 12.5 Å². The third-order valence-corrected chi connectivity index (χ3v) is 3.64. The van der Waals surface area contributed by atoms with E-state index in [2.05, 4.69) is 34.6 Å². The summed E-state index contributed by atoms with van der Waals surface area (Å²) in [4.78, 5) is 0. The Kier molecular flexibility index (Phi) is 4.08. The lowest BCUT2D eigenvalue weighted by molar-refractivity contribution is 0.351. The maximum Gasteiger partial charge on any atom is 0.134 e. The molecule has 1 nitrogen and oxygen atoms in total. The van der Waals surface area contributed by atoms with Gasteiger partial charge in [-0.15, -0.1) is 11.6 Å². The Morgan fingerprint density at radius 3 is 2.76 bits per heavy atom. The molecular formula is C14H12BrClO. The quantitative estimate of drug-likeness (QED) is 0.583. The summed E-state index contributed by atoms with van der Waals surface area (Å²) in [5, 5.41) is 2.32. The van der Waals surface area contributed by atoms with Crippen LogP contribution in [0.4, 0.5) is 0 Å². The molecule has 0 spiro atoms. The molecule has 0 unspecified atom stereocenters. The minimum Gasteiger partial charge on any atom is -0.488 e. The van der Waals surface area contributed by atoms with E-state index < -0.39 is 0 Å². The molecule has 0 heterocycles.